The van der Waals surface area contributed by atoms with Crippen LogP contribution in [-0.2, 0) is 6.54 Å². The van der Waals surface area contributed by atoms with Gasteiger partial charge in [0.05, 0.1) is 11.4 Å². The van der Waals surface area contributed by atoms with Gasteiger partial charge in [-0.05, 0) is 23.6 Å². The summed E-state index contributed by atoms with van der Waals surface area (Å²) >= 11 is 0. The first-order chi connectivity index (χ1) is 9.50. The first-order valence-corrected chi connectivity index (χ1v) is 6.48. The molecule has 106 valence electrons. The van der Waals surface area contributed by atoms with Crippen molar-refractivity contribution in [2.45, 2.75) is 26.3 Å². The number of carbonyl (C=O) groups is 1. The van der Waals surface area contributed by atoms with Gasteiger partial charge in [-0.15, -0.1) is 0 Å². The predicted octanol–water partition coefficient (Wildman–Crippen LogP) is 1.78. The Labute approximate surface area is 118 Å². The van der Waals surface area contributed by atoms with Crippen LogP contribution >= 0.6 is 0 Å². The molecule has 0 bridgehead atoms. The Morgan fingerprint density at radius 2 is 2.05 bits per heavy atom. The molecule has 0 atom stereocenters. The zero-order valence-electron chi connectivity index (χ0n) is 11.9. The van der Waals surface area contributed by atoms with Crippen molar-refractivity contribution in [2.24, 2.45) is 0 Å². The number of pyridine rings is 1. The molecule has 0 saturated carbocycles. The predicted molar refractivity (Wildman–Crippen MR) is 77.1 cm³/mol. The van der Waals surface area contributed by atoms with Crippen LogP contribution < -0.4 is 5.73 Å². The number of H-pyrrole nitrogens is 1. The maximum atomic E-state index is 12.4. The lowest BCUT2D eigenvalue weighted by molar-refractivity contribution is 0.0780. The molecule has 0 aromatic carbocycles. The SMILES string of the molecule is CC(C)c1[nH]nc(C(=O)N(C)Cc2ccncc2)c1N. The molecular weight excluding hydrogens is 254 g/mol. The van der Waals surface area contributed by atoms with Crippen molar-refractivity contribution in [3.63, 3.8) is 0 Å². The van der Waals surface area contributed by atoms with Crippen LogP contribution in [0.2, 0.25) is 0 Å². The molecule has 0 aliphatic heterocycles. The van der Waals surface area contributed by atoms with E-state index in [1.54, 1.807) is 24.3 Å². The maximum absolute atomic E-state index is 12.4. The van der Waals surface area contributed by atoms with E-state index in [4.69, 9.17) is 5.73 Å². The number of hydrogen-bond donors (Lipinski definition) is 2. The first-order valence-electron chi connectivity index (χ1n) is 6.48. The van der Waals surface area contributed by atoms with Gasteiger partial charge >= 0.3 is 0 Å². The van der Waals surface area contributed by atoms with Crippen LogP contribution in [0.1, 0.15) is 41.5 Å². The molecule has 0 aliphatic rings. The summed E-state index contributed by atoms with van der Waals surface area (Å²) in [7, 11) is 1.73. The molecule has 2 aromatic rings. The fourth-order valence-electron chi connectivity index (χ4n) is 1.98. The molecule has 20 heavy (non-hydrogen) atoms. The Bertz CT molecular complexity index is 591. The van der Waals surface area contributed by atoms with Crippen molar-refractivity contribution >= 4 is 11.6 Å². The van der Waals surface area contributed by atoms with Crippen molar-refractivity contribution in [3.05, 3.63) is 41.5 Å². The topological polar surface area (TPSA) is 87.9 Å². The number of amides is 1. The number of anilines is 1. The molecule has 1 amide bonds. The first kappa shape index (κ1) is 14.0. The molecule has 0 aliphatic carbocycles. The molecule has 0 unspecified atom stereocenters. The van der Waals surface area contributed by atoms with Crippen LogP contribution in [0.25, 0.3) is 0 Å². The number of nitrogens with two attached hydrogens (primary N) is 1. The second-order valence-electron chi connectivity index (χ2n) is 5.07. The highest BCUT2D eigenvalue weighted by atomic mass is 16.2. The van der Waals surface area contributed by atoms with Gasteiger partial charge in [-0.2, -0.15) is 5.10 Å². The molecule has 3 N–H and O–H groups in total. The van der Waals surface area contributed by atoms with Crippen molar-refractivity contribution in [1.29, 1.82) is 0 Å². The van der Waals surface area contributed by atoms with E-state index >= 15 is 0 Å². The Hall–Kier alpha value is -2.37. The minimum Gasteiger partial charge on any atom is -0.395 e. The lowest BCUT2D eigenvalue weighted by Crippen LogP contribution is -2.27. The Kier molecular flexibility index (Phi) is 4.02. The Balaban J connectivity index is 2.15. The van der Waals surface area contributed by atoms with E-state index in [9.17, 15) is 4.79 Å². The summed E-state index contributed by atoms with van der Waals surface area (Å²) in [5.74, 6) is 0.0111. The summed E-state index contributed by atoms with van der Waals surface area (Å²) in [5, 5.41) is 6.89. The largest absolute Gasteiger partial charge is 0.395 e. The van der Waals surface area contributed by atoms with Crippen LogP contribution in [0, 0.1) is 0 Å². The van der Waals surface area contributed by atoms with Crippen molar-refractivity contribution in [2.75, 3.05) is 12.8 Å². The van der Waals surface area contributed by atoms with Crippen LogP contribution in [-0.4, -0.2) is 33.0 Å². The maximum Gasteiger partial charge on any atom is 0.276 e. The third kappa shape index (κ3) is 2.79. The van der Waals surface area contributed by atoms with Gasteiger partial charge in [0.2, 0.25) is 0 Å². The number of rotatable bonds is 4. The minimum absolute atomic E-state index is 0.192. The lowest BCUT2D eigenvalue weighted by atomic mass is 10.1. The molecule has 2 rings (SSSR count). The number of carbonyl (C=O) groups excluding carboxylic acids is 1. The molecule has 2 heterocycles. The average Bonchev–Trinajstić information content (AvgIpc) is 2.81. The smallest absolute Gasteiger partial charge is 0.276 e. The highest BCUT2D eigenvalue weighted by Crippen LogP contribution is 2.23. The van der Waals surface area contributed by atoms with E-state index < -0.39 is 0 Å². The van der Waals surface area contributed by atoms with Gasteiger partial charge in [-0.1, -0.05) is 13.8 Å². The van der Waals surface area contributed by atoms with Crippen LogP contribution in [0.4, 0.5) is 5.69 Å². The minimum atomic E-state index is -0.192. The van der Waals surface area contributed by atoms with Gasteiger partial charge < -0.3 is 10.6 Å². The summed E-state index contributed by atoms with van der Waals surface area (Å²) < 4.78 is 0. The van der Waals surface area contributed by atoms with E-state index in [1.807, 2.05) is 26.0 Å². The fraction of sp³-hybridized carbons (Fsp3) is 0.357. The summed E-state index contributed by atoms with van der Waals surface area (Å²) in [6.45, 7) is 4.49. The van der Waals surface area contributed by atoms with E-state index in [-0.39, 0.29) is 17.5 Å². The van der Waals surface area contributed by atoms with Crippen LogP contribution in [0.15, 0.2) is 24.5 Å². The standard InChI is InChI=1S/C14H19N5O/c1-9(2)12-11(15)13(18-17-12)14(20)19(3)8-10-4-6-16-7-5-10/h4-7,9H,8,15H2,1-3H3,(H,17,18). The second-order valence-corrected chi connectivity index (χ2v) is 5.07. The molecule has 0 spiro atoms. The van der Waals surface area contributed by atoms with Gasteiger partial charge in [0.1, 0.15) is 0 Å². The van der Waals surface area contributed by atoms with Crippen LogP contribution in [0.3, 0.4) is 0 Å². The molecule has 0 saturated heterocycles. The molecule has 6 nitrogen and oxygen atoms in total. The molecular formula is C14H19N5O. The number of aromatic nitrogens is 3. The molecule has 0 fully saturated rings. The normalized spacial score (nSPS) is 10.8. The Morgan fingerprint density at radius 3 is 2.60 bits per heavy atom. The van der Waals surface area contributed by atoms with E-state index in [0.29, 0.717) is 12.2 Å². The highest BCUT2D eigenvalue weighted by Gasteiger charge is 2.21. The quantitative estimate of drug-likeness (QED) is 0.888. The Morgan fingerprint density at radius 1 is 1.40 bits per heavy atom. The molecule has 2 aromatic heterocycles. The summed E-state index contributed by atoms with van der Waals surface area (Å²) in [5.41, 5.74) is 8.51. The van der Waals surface area contributed by atoms with Gasteiger partial charge in [0, 0.05) is 26.0 Å². The third-order valence-corrected chi connectivity index (χ3v) is 3.13. The average molecular weight is 273 g/mol. The van der Waals surface area contributed by atoms with Crippen molar-refractivity contribution in [3.8, 4) is 0 Å². The third-order valence-electron chi connectivity index (χ3n) is 3.13. The van der Waals surface area contributed by atoms with Crippen LogP contribution in [0.5, 0.6) is 0 Å². The summed E-state index contributed by atoms with van der Waals surface area (Å²) in [6, 6.07) is 3.74. The number of nitrogens with zero attached hydrogens (tertiary/aromatic N) is 3. The summed E-state index contributed by atoms with van der Waals surface area (Å²) in [4.78, 5) is 17.9. The number of hydrogen-bond acceptors (Lipinski definition) is 4. The second kappa shape index (κ2) is 5.73. The zero-order chi connectivity index (χ0) is 14.7. The van der Waals surface area contributed by atoms with E-state index in [0.717, 1.165) is 11.3 Å². The zero-order valence-corrected chi connectivity index (χ0v) is 11.9. The number of aromatic amines is 1. The van der Waals surface area contributed by atoms with Gasteiger partial charge in [0.15, 0.2) is 5.69 Å². The van der Waals surface area contributed by atoms with Gasteiger partial charge in [-0.25, -0.2) is 0 Å². The van der Waals surface area contributed by atoms with Gasteiger partial charge in [-0.3, -0.25) is 14.9 Å². The lowest BCUT2D eigenvalue weighted by Gasteiger charge is -2.16. The van der Waals surface area contributed by atoms with E-state index in [2.05, 4.69) is 15.2 Å². The summed E-state index contributed by atoms with van der Waals surface area (Å²) in [6.07, 6.45) is 3.40. The molecule has 0 radical (unpaired) electrons. The van der Waals surface area contributed by atoms with E-state index in [1.165, 1.54) is 0 Å². The van der Waals surface area contributed by atoms with Gasteiger partial charge in [0.25, 0.3) is 5.91 Å². The number of nitrogen functional groups attached to an aromatic ring is 1. The van der Waals surface area contributed by atoms with Crippen molar-refractivity contribution < 1.29 is 4.79 Å². The molecule has 6 heteroatoms. The monoisotopic (exact) mass is 273 g/mol. The number of nitrogens with one attached hydrogen (secondary N) is 1. The highest BCUT2D eigenvalue weighted by molar-refractivity contribution is 5.97. The van der Waals surface area contributed by atoms with Crippen molar-refractivity contribution in [1.82, 2.24) is 20.1 Å². The fourth-order valence-corrected chi connectivity index (χ4v) is 1.98.